The molecular weight excluding hydrogens is 325 g/mol. The summed E-state index contributed by atoms with van der Waals surface area (Å²) < 4.78 is 14.0. The van der Waals surface area contributed by atoms with E-state index in [1.54, 1.807) is 6.07 Å². The predicted molar refractivity (Wildman–Crippen MR) is 76.8 cm³/mol. The van der Waals surface area contributed by atoms with E-state index in [0.29, 0.717) is 17.6 Å². The van der Waals surface area contributed by atoms with Crippen molar-refractivity contribution >= 4 is 21.9 Å². The molecule has 20 heavy (non-hydrogen) atoms. The molecule has 1 aromatic rings. The molecule has 3 nitrogen and oxygen atoms in total. The highest BCUT2D eigenvalue weighted by Crippen LogP contribution is 2.49. The van der Waals surface area contributed by atoms with Crippen LogP contribution in [0.3, 0.4) is 0 Å². The van der Waals surface area contributed by atoms with Gasteiger partial charge in [0.15, 0.2) is 0 Å². The van der Waals surface area contributed by atoms with Gasteiger partial charge in [-0.05, 0) is 52.4 Å². The first-order valence-electron chi connectivity index (χ1n) is 6.91. The number of carbonyl (C=O) groups is 1. The minimum Gasteiger partial charge on any atom is -0.481 e. The molecule has 108 valence electrons. The Morgan fingerprint density at radius 3 is 3.00 bits per heavy atom. The van der Waals surface area contributed by atoms with Crippen molar-refractivity contribution in [2.45, 2.75) is 25.8 Å². The number of benzene rings is 1. The molecule has 3 rings (SSSR count). The van der Waals surface area contributed by atoms with Crippen LogP contribution in [0, 0.1) is 17.2 Å². The summed E-state index contributed by atoms with van der Waals surface area (Å²) in [6, 6.07) is 5.11. The van der Waals surface area contributed by atoms with Crippen LogP contribution in [-0.2, 0) is 11.3 Å². The Morgan fingerprint density at radius 1 is 1.55 bits per heavy atom. The van der Waals surface area contributed by atoms with E-state index in [9.17, 15) is 14.3 Å². The molecule has 0 radical (unpaired) electrons. The van der Waals surface area contributed by atoms with Crippen LogP contribution in [0.5, 0.6) is 0 Å². The van der Waals surface area contributed by atoms with Crippen molar-refractivity contribution in [2.75, 3.05) is 13.1 Å². The van der Waals surface area contributed by atoms with Crippen LogP contribution in [0.25, 0.3) is 0 Å². The van der Waals surface area contributed by atoms with Gasteiger partial charge < -0.3 is 5.11 Å². The lowest BCUT2D eigenvalue weighted by atomic mass is 9.81. The van der Waals surface area contributed by atoms with Crippen molar-refractivity contribution in [2.24, 2.45) is 11.3 Å². The summed E-state index contributed by atoms with van der Waals surface area (Å²) in [7, 11) is 0. The number of halogens is 2. The smallest absolute Gasteiger partial charge is 0.311 e. The number of hydrogen-bond donors (Lipinski definition) is 1. The van der Waals surface area contributed by atoms with Gasteiger partial charge in [0.2, 0.25) is 0 Å². The van der Waals surface area contributed by atoms with E-state index in [1.807, 2.05) is 6.07 Å². The Hall–Kier alpha value is -0.940. The number of carboxylic acids is 1. The van der Waals surface area contributed by atoms with Crippen molar-refractivity contribution in [3.05, 3.63) is 34.1 Å². The molecule has 2 aliphatic rings. The first-order valence-corrected chi connectivity index (χ1v) is 7.70. The van der Waals surface area contributed by atoms with E-state index in [4.69, 9.17) is 0 Å². The van der Waals surface area contributed by atoms with E-state index in [-0.39, 0.29) is 11.7 Å². The van der Waals surface area contributed by atoms with Crippen molar-refractivity contribution in [3.8, 4) is 0 Å². The standard InChI is InChI=1S/C15H17BrFNO2/c16-12-4-3-10(6-13(12)17)7-18-8-11-2-1-5-15(11,9-18)14(19)20/h3-4,6,11H,1-2,5,7-9H2,(H,19,20)/t11-,15+/m0/s1. The van der Waals surface area contributed by atoms with Gasteiger partial charge in [0.05, 0.1) is 9.89 Å². The third kappa shape index (κ3) is 2.27. The third-order valence-corrected chi connectivity index (χ3v) is 5.40. The molecule has 1 aliphatic heterocycles. The number of likely N-dealkylation sites (tertiary alicyclic amines) is 1. The summed E-state index contributed by atoms with van der Waals surface area (Å²) in [5, 5.41) is 9.55. The van der Waals surface area contributed by atoms with Gasteiger partial charge in [0.25, 0.3) is 0 Å². The van der Waals surface area contributed by atoms with Crippen molar-refractivity contribution in [1.82, 2.24) is 4.90 Å². The summed E-state index contributed by atoms with van der Waals surface area (Å²) in [5.74, 6) is -0.681. The third-order valence-electron chi connectivity index (χ3n) is 4.76. The highest BCUT2D eigenvalue weighted by atomic mass is 79.9. The first-order chi connectivity index (χ1) is 9.51. The molecule has 1 aromatic carbocycles. The molecule has 1 N–H and O–H groups in total. The van der Waals surface area contributed by atoms with E-state index in [2.05, 4.69) is 20.8 Å². The van der Waals surface area contributed by atoms with E-state index >= 15 is 0 Å². The van der Waals surface area contributed by atoms with Crippen LogP contribution in [0.2, 0.25) is 0 Å². The molecule has 1 heterocycles. The van der Waals surface area contributed by atoms with E-state index in [0.717, 1.165) is 31.4 Å². The monoisotopic (exact) mass is 341 g/mol. The summed E-state index contributed by atoms with van der Waals surface area (Å²) in [4.78, 5) is 13.8. The quantitative estimate of drug-likeness (QED) is 0.917. The van der Waals surface area contributed by atoms with Gasteiger partial charge >= 0.3 is 5.97 Å². The van der Waals surface area contributed by atoms with Gasteiger partial charge in [-0.3, -0.25) is 9.69 Å². The average molecular weight is 342 g/mol. The van der Waals surface area contributed by atoms with Crippen LogP contribution in [0.15, 0.2) is 22.7 Å². The topological polar surface area (TPSA) is 40.5 Å². The van der Waals surface area contributed by atoms with Crippen LogP contribution < -0.4 is 0 Å². The summed E-state index contributed by atoms with van der Waals surface area (Å²) in [5.41, 5.74) is 0.333. The second-order valence-corrected chi connectivity index (χ2v) is 6.82. The van der Waals surface area contributed by atoms with Gasteiger partial charge in [-0.15, -0.1) is 0 Å². The molecule has 5 heteroatoms. The minimum absolute atomic E-state index is 0.250. The first kappa shape index (κ1) is 14.0. The molecule has 0 spiro atoms. The van der Waals surface area contributed by atoms with Gasteiger partial charge in [0, 0.05) is 19.6 Å². The zero-order chi connectivity index (χ0) is 14.3. The zero-order valence-electron chi connectivity index (χ0n) is 11.1. The van der Waals surface area contributed by atoms with Crippen molar-refractivity contribution < 1.29 is 14.3 Å². The molecule has 0 aromatic heterocycles. The molecule has 1 saturated heterocycles. The number of nitrogens with zero attached hydrogens (tertiary/aromatic N) is 1. The molecule has 2 fully saturated rings. The highest BCUT2D eigenvalue weighted by Gasteiger charge is 2.54. The van der Waals surface area contributed by atoms with Crippen molar-refractivity contribution in [3.63, 3.8) is 0 Å². The molecule has 1 aliphatic carbocycles. The van der Waals surface area contributed by atoms with Crippen LogP contribution in [-0.4, -0.2) is 29.1 Å². The van der Waals surface area contributed by atoms with Gasteiger partial charge in [0.1, 0.15) is 5.82 Å². The van der Waals surface area contributed by atoms with Gasteiger partial charge in [-0.25, -0.2) is 4.39 Å². The summed E-state index contributed by atoms with van der Waals surface area (Å²) >= 11 is 3.14. The number of fused-ring (bicyclic) bond motifs is 1. The Labute approximate surface area is 125 Å². The van der Waals surface area contributed by atoms with Crippen LogP contribution in [0.1, 0.15) is 24.8 Å². The number of rotatable bonds is 3. The fraction of sp³-hybridized carbons (Fsp3) is 0.533. The van der Waals surface area contributed by atoms with Gasteiger partial charge in [-0.2, -0.15) is 0 Å². The van der Waals surface area contributed by atoms with Crippen molar-refractivity contribution in [1.29, 1.82) is 0 Å². The molecule has 1 saturated carbocycles. The fourth-order valence-electron chi connectivity index (χ4n) is 3.76. The molecule has 0 unspecified atom stereocenters. The van der Waals surface area contributed by atoms with E-state index in [1.165, 1.54) is 6.07 Å². The summed E-state index contributed by atoms with van der Waals surface area (Å²) in [6.07, 6.45) is 2.79. The fourth-order valence-corrected chi connectivity index (χ4v) is 4.01. The Bertz CT molecular complexity index is 551. The lowest BCUT2D eigenvalue weighted by Gasteiger charge is -2.23. The van der Waals surface area contributed by atoms with Crippen LogP contribution in [0.4, 0.5) is 4.39 Å². The number of aliphatic carboxylic acids is 1. The number of carboxylic acid groups (broad SMARTS) is 1. The summed E-state index contributed by atoms with van der Waals surface area (Å²) in [6.45, 7) is 2.02. The Balaban J connectivity index is 1.74. The maximum atomic E-state index is 13.5. The average Bonchev–Trinajstić information content (AvgIpc) is 2.91. The largest absolute Gasteiger partial charge is 0.481 e. The van der Waals surface area contributed by atoms with E-state index < -0.39 is 11.4 Å². The minimum atomic E-state index is -0.663. The molecule has 2 atom stereocenters. The Morgan fingerprint density at radius 2 is 2.35 bits per heavy atom. The van der Waals surface area contributed by atoms with Gasteiger partial charge in [-0.1, -0.05) is 12.5 Å². The second kappa shape index (κ2) is 5.11. The van der Waals surface area contributed by atoms with Crippen LogP contribution >= 0.6 is 15.9 Å². The normalized spacial score (nSPS) is 29.6. The predicted octanol–water partition coefficient (Wildman–Crippen LogP) is 3.27. The lowest BCUT2D eigenvalue weighted by molar-refractivity contribution is -0.149. The highest BCUT2D eigenvalue weighted by molar-refractivity contribution is 9.10. The molecule has 0 amide bonds. The molecule has 0 bridgehead atoms. The molecular formula is C15H17BrFNO2. The zero-order valence-corrected chi connectivity index (χ0v) is 12.7. The maximum Gasteiger partial charge on any atom is 0.311 e. The number of hydrogen-bond acceptors (Lipinski definition) is 2. The SMILES string of the molecule is O=C(O)[C@@]12CCC[C@H]1CN(Cc1ccc(Br)c(F)c1)C2. The Kier molecular flexibility index (Phi) is 3.58. The maximum absolute atomic E-state index is 13.5. The lowest BCUT2D eigenvalue weighted by Crippen LogP contribution is -2.35. The second-order valence-electron chi connectivity index (χ2n) is 5.97.